The summed E-state index contributed by atoms with van der Waals surface area (Å²) < 4.78 is 5.83. The number of anilines is 1. The summed E-state index contributed by atoms with van der Waals surface area (Å²) >= 11 is 0. The molecule has 0 unspecified atom stereocenters. The molecule has 176 valence electrons. The first-order valence-corrected chi connectivity index (χ1v) is 12.2. The lowest BCUT2D eigenvalue weighted by Gasteiger charge is -2.36. The lowest BCUT2D eigenvalue weighted by Crippen LogP contribution is -2.49. The van der Waals surface area contributed by atoms with Crippen LogP contribution in [0.2, 0.25) is 0 Å². The Balaban J connectivity index is 1.22. The van der Waals surface area contributed by atoms with Crippen molar-refractivity contribution >= 4 is 11.7 Å². The van der Waals surface area contributed by atoms with Crippen molar-refractivity contribution in [3.63, 3.8) is 0 Å². The SMILES string of the molecule is C=CCOc1ccccc1CN1CCC[C@@H](CCC(=O)N2CCN(c3ccccn3)CC2)C1. The number of nitrogens with zero attached hydrogens (tertiary/aromatic N) is 4. The first-order chi connectivity index (χ1) is 16.2. The normalized spacial score (nSPS) is 19.3. The molecule has 1 atom stereocenters. The van der Waals surface area contributed by atoms with Crippen molar-refractivity contribution in [1.29, 1.82) is 0 Å². The van der Waals surface area contributed by atoms with E-state index in [2.05, 4.69) is 33.5 Å². The van der Waals surface area contributed by atoms with Crippen LogP contribution in [0, 0.1) is 5.92 Å². The standard InChI is InChI=1S/C27H36N4O2/c1-2-20-33-25-10-4-3-9-24(25)22-29-15-7-8-23(21-29)12-13-27(32)31-18-16-30(17-19-31)26-11-5-6-14-28-26/h2-6,9-11,14,23H,1,7-8,12-13,15-22H2/t23-/m0/s1. The molecule has 0 radical (unpaired) electrons. The molecule has 2 aliphatic rings. The van der Waals surface area contributed by atoms with Crippen LogP contribution in [-0.4, -0.2) is 66.6 Å². The minimum absolute atomic E-state index is 0.302. The molecule has 1 aromatic heterocycles. The first-order valence-electron chi connectivity index (χ1n) is 12.2. The number of piperazine rings is 1. The van der Waals surface area contributed by atoms with Gasteiger partial charge in [-0.2, -0.15) is 0 Å². The molecular weight excluding hydrogens is 412 g/mol. The molecule has 33 heavy (non-hydrogen) atoms. The summed E-state index contributed by atoms with van der Waals surface area (Å²) in [5.74, 6) is 2.83. The zero-order chi connectivity index (χ0) is 22.9. The van der Waals surface area contributed by atoms with Gasteiger partial charge in [-0.05, 0) is 49.9 Å². The number of piperidine rings is 1. The minimum Gasteiger partial charge on any atom is -0.489 e. The van der Waals surface area contributed by atoms with Crippen molar-refractivity contribution in [2.45, 2.75) is 32.2 Å². The van der Waals surface area contributed by atoms with Crippen molar-refractivity contribution in [2.24, 2.45) is 5.92 Å². The Bertz CT molecular complexity index is 896. The number of likely N-dealkylation sites (tertiary alicyclic amines) is 1. The van der Waals surface area contributed by atoms with Crippen LogP contribution in [0.3, 0.4) is 0 Å². The highest BCUT2D eigenvalue weighted by atomic mass is 16.5. The van der Waals surface area contributed by atoms with Gasteiger partial charge in [-0.1, -0.05) is 36.9 Å². The van der Waals surface area contributed by atoms with E-state index in [0.29, 0.717) is 24.9 Å². The Labute approximate surface area is 197 Å². The van der Waals surface area contributed by atoms with Crippen molar-refractivity contribution in [3.8, 4) is 5.75 Å². The van der Waals surface area contributed by atoms with E-state index in [1.807, 2.05) is 41.4 Å². The molecular formula is C27H36N4O2. The van der Waals surface area contributed by atoms with Gasteiger partial charge in [-0.15, -0.1) is 0 Å². The second kappa shape index (κ2) is 11.8. The highest BCUT2D eigenvalue weighted by molar-refractivity contribution is 5.76. The number of ether oxygens (including phenoxy) is 1. The van der Waals surface area contributed by atoms with Crippen molar-refractivity contribution in [2.75, 3.05) is 50.8 Å². The van der Waals surface area contributed by atoms with E-state index in [1.165, 1.54) is 18.4 Å². The molecule has 6 nitrogen and oxygen atoms in total. The van der Waals surface area contributed by atoms with Gasteiger partial charge in [0.05, 0.1) is 0 Å². The van der Waals surface area contributed by atoms with Crippen molar-refractivity contribution in [1.82, 2.24) is 14.8 Å². The van der Waals surface area contributed by atoms with E-state index >= 15 is 0 Å². The summed E-state index contributed by atoms with van der Waals surface area (Å²) in [5.41, 5.74) is 1.22. The lowest BCUT2D eigenvalue weighted by atomic mass is 9.92. The van der Waals surface area contributed by atoms with Crippen LogP contribution in [0.15, 0.2) is 61.3 Å². The molecule has 2 saturated heterocycles. The fraction of sp³-hybridized carbons (Fsp3) is 0.481. The smallest absolute Gasteiger partial charge is 0.222 e. The fourth-order valence-corrected chi connectivity index (χ4v) is 4.91. The molecule has 1 aromatic carbocycles. The third kappa shape index (κ3) is 6.57. The zero-order valence-corrected chi connectivity index (χ0v) is 19.6. The van der Waals surface area contributed by atoms with E-state index < -0.39 is 0 Å². The highest BCUT2D eigenvalue weighted by Gasteiger charge is 2.25. The third-order valence-corrected chi connectivity index (χ3v) is 6.70. The van der Waals surface area contributed by atoms with Gasteiger partial charge in [0.15, 0.2) is 0 Å². The van der Waals surface area contributed by atoms with E-state index in [-0.39, 0.29) is 0 Å². The summed E-state index contributed by atoms with van der Waals surface area (Å²) in [6.45, 7) is 10.6. The number of pyridine rings is 1. The fourth-order valence-electron chi connectivity index (χ4n) is 4.91. The summed E-state index contributed by atoms with van der Waals surface area (Å²) in [4.78, 5) is 24.1. The monoisotopic (exact) mass is 448 g/mol. The quantitative estimate of drug-likeness (QED) is 0.543. The van der Waals surface area contributed by atoms with E-state index in [0.717, 1.165) is 63.8 Å². The van der Waals surface area contributed by atoms with Gasteiger partial charge >= 0.3 is 0 Å². The van der Waals surface area contributed by atoms with Crippen LogP contribution in [0.5, 0.6) is 5.75 Å². The van der Waals surface area contributed by atoms with Gasteiger partial charge in [-0.3, -0.25) is 9.69 Å². The summed E-state index contributed by atoms with van der Waals surface area (Å²) in [6, 6.07) is 14.3. The van der Waals surface area contributed by atoms with Crippen LogP contribution < -0.4 is 9.64 Å². The van der Waals surface area contributed by atoms with Gasteiger partial charge in [0, 0.05) is 57.4 Å². The molecule has 4 rings (SSSR count). The molecule has 1 amide bonds. The average molecular weight is 449 g/mol. The largest absolute Gasteiger partial charge is 0.489 e. The maximum Gasteiger partial charge on any atom is 0.222 e. The third-order valence-electron chi connectivity index (χ3n) is 6.70. The topological polar surface area (TPSA) is 48.9 Å². The Morgan fingerprint density at radius 1 is 1.09 bits per heavy atom. The number of aromatic nitrogens is 1. The molecule has 0 aliphatic carbocycles. The Morgan fingerprint density at radius 2 is 1.91 bits per heavy atom. The van der Waals surface area contributed by atoms with Gasteiger partial charge in [-0.25, -0.2) is 4.98 Å². The molecule has 0 spiro atoms. The first kappa shape index (κ1) is 23.3. The Hall–Kier alpha value is -2.86. The maximum atomic E-state index is 12.9. The van der Waals surface area contributed by atoms with Crippen LogP contribution in [0.4, 0.5) is 5.82 Å². The molecule has 2 aromatic rings. The number of carbonyl (C=O) groups excluding carboxylic acids is 1. The number of carbonyl (C=O) groups is 1. The second-order valence-electron chi connectivity index (χ2n) is 9.05. The van der Waals surface area contributed by atoms with E-state index in [1.54, 1.807) is 6.08 Å². The van der Waals surface area contributed by atoms with Crippen molar-refractivity contribution < 1.29 is 9.53 Å². The lowest BCUT2D eigenvalue weighted by molar-refractivity contribution is -0.131. The van der Waals surface area contributed by atoms with Crippen molar-refractivity contribution in [3.05, 3.63) is 66.9 Å². The number of hydrogen-bond acceptors (Lipinski definition) is 5. The minimum atomic E-state index is 0.302. The molecule has 0 saturated carbocycles. The number of benzene rings is 1. The van der Waals surface area contributed by atoms with E-state index in [4.69, 9.17) is 4.74 Å². The summed E-state index contributed by atoms with van der Waals surface area (Å²) in [5, 5.41) is 0. The van der Waals surface area contributed by atoms with E-state index in [9.17, 15) is 4.79 Å². The molecule has 2 fully saturated rings. The van der Waals surface area contributed by atoms with Crippen LogP contribution in [0.25, 0.3) is 0 Å². The summed E-state index contributed by atoms with van der Waals surface area (Å²) in [6.07, 6.45) is 7.64. The number of amides is 1. The molecule has 6 heteroatoms. The molecule has 3 heterocycles. The zero-order valence-electron chi connectivity index (χ0n) is 19.6. The maximum absolute atomic E-state index is 12.9. The number of para-hydroxylation sites is 1. The molecule has 0 N–H and O–H groups in total. The Kier molecular flexibility index (Phi) is 8.36. The van der Waals surface area contributed by atoms with Crippen LogP contribution >= 0.6 is 0 Å². The Morgan fingerprint density at radius 3 is 2.70 bits per heavy atom. The summed E-state index contributed by atoms with van der Waals surface area (Å²) in [7, 11) is 0. The van der Waals surface area contributed by atoms with Gasteiger partial charge in [0.2, 0.25) is 5.91 Å². The number of hydrogen-bond donors (Lipinski definition) is 0. The van der Waals surface area contributed by atoms with Crippen LogP contribution in [0.1, 0.15) is 31.2 Å². The predicted octanol–water partition coefficient (Wildman–Crippen LogP) is 3.99. The van der Waals surface area contributed by atoms with Crippen LogP contribution in [-0.2, 0) is 11.3 Å². The average Bonchev–Trinajstić information content (AvgIpc) is 2.87. The second-order valence-corrected chi connectivity index (χ2v) is 9.05. The van der Waals surface area contributed by atoms with Gasteiger partial charge in [0.1, 0.15) is 18.2 Å². The van der Waals surface area contributed by atoms with Gasteiger partial charge in [0.25, 0.3) is 0 Å². The molecule has 2 aliphatic heterocycles. The predicted molar refractivity (Wildman–Crippen MR) is 132 cm³/mol. The molecule has 0 bridgehead atoms. The number of rotatable bonds is 9. The van der Waals surface area contributed by atoms with Gasteiger partial charge < -0.3 is 14.5 Å². The highest BCUT2D eigenvalue weighted by Crippen LogP contribution is 2.26.